The predicted octanol–water partition coefficient (Wildman–Crippen LogP) is 4.31. The minimum Gasteiger partial charge on any atom is -0.481 e. The van der Waals surface area contributed by atoms with Gasteiger partial charge >= 0.3 is 0 Å². The predicted molar refractivity (Wildman–Crippen MR) is 108 cm³/mol. The van der Waals surface area contributed by atoms with Crippen LogP contribution < -0.4 is 0 Å². The summed E-state index contributed by atoms with van der Waals surface area (Å²) in [6.45, 7) is 0. The van der Waals surface area contributed by atoms with Gasteiger partial charge in [-0.25, -0.2) is 0 Å². The first kappa shape index (κ1) is 16.6. The van der Waals surface area contributed by atoms with Gasteiger partial charge in [-0.1, -0.05) is 48.5 Å². The fraction of sp³-hybridized carbons (Fsp3) is 0.308. The van der Waals surface area contributed by atoms with Crippen molar-refractivity contribution in [1.29, 1.82) is 0 Å². The summed E-state index contributed by atoms with van der Waals surface area (Å²) >= 11 is 0. The van der Waals surface area contributed by atoms with Crippen molar-refractivity contribution in [3.63, 3.8) is 0 Å². The van der Waals surface area contributed by atoms with Crippen molar-refractivity contribution in [2.75, 3.05) is 0 Å². The van der Waals surface area contributed by atoms with Crippen molar-refractivity contribution in [2.45, 2.75) is 37.9 Å². The quantitative estimate of drug-likeness (QED) is 0.623. The van der Waals surface area contributed by atoms with Gasteiger partial charge in [-0.05, 0) is 47.9 Å². The first-order chi connectivity index (χ1) is 14.7. The number of hydrogen-bond acceptors (Lipinski definition) is 4. The molecule has 2 aromatic carbocycles. The Bertz CT molecular complexity index is 1120. The van der Waals surface area contributed by atoms with Gasteiger partial charge in [0, 0.05) is 23.0 Å². The molecule has 0 fully saturated rings. The molecule has 3 aliphatic carbocycles. The lowest BCUT2D eigenvalue weighted by Gasteiger charge is -2.37. The van der Waals surface area contributed by atoms with Crippen LogP contribution in [0.5, 0.6) is 0 Å². The highest BCUT2D eigenvalue weighted by Gasteiger charge is 2.50. The van der Waals surface area contributed by atoms with Gasteiger partial charge in [-0.2, -0.15) is 0 Å². The molecule has 2 aromatic rings. The standard InChI is InChI=1S/C26H20O4/c27-21-19-11-15-9-13-5-1-3-7-17(13)23(15)29-25(19)22(28)20-12-16-10-14-6-2-4-8-18(14)24(16)30-26(20)21/h1-8,15-16,23-24H,9-12H2/t15-,16-,23+,24+/m1/s1. The van der Waals surface area contributed by atoms with Crippen LogP contribution in [-0.4, -0.2) is 11.6 Å². The first-order valence-electron chi connectivity index (χ1n) is 10.7. The molecule has 30 heavy (non-hydrogen) atoms. The molecule has 0 spiro atoms. The molecule has 148 valence electrons. The number of hydrogen-bond donors (Lipinski definition) is 0. The maximum absolute atomic E-state index is 13.4. The van der Waals surface area contributed by atoms with Crippen LogP contribution in [0.1, 0.15) is 47.3 Å². The van der Waals surface area contributed by atoms with Crippen LogP contribution in [0.25, 0.3) is 0 Å². The third kappa shape index (κ3) is 2.06. The number of rotatable bonds is 0. The highest BCUT2D eigenvalue weighted by molar-refractivity contribution is 6.24. The maximum Gasteiger partial charge on any atom is 0.227 e. The van der Waals surface area contributed by atoms with E-state index in [1.165, 1.54) is 11.1 Å². The molecule has 0 radical (unpaired) electrons. The van der Waals surface area contributed by atoms with E-state index in [9.17, 15) is 9.59 Å². The fourth-order valence-electron chi connectivity index (χ4n) is 6.11. The van der Waals surface area contributed by atoms with Crippen LogP contribution in [0.4, 0.5) is 0 Å². The number of ketones is 2. The van der Waals surface area contributed by atoms with Crippen LogP contribution in [0.2, 0.25) is 0 Å². The molecule has 0 bridgehead atoms. The second-order valence-corrected chi connectivity index (χ2v) is 9.08. The first-order valence-corrected chi connectivity index (χ1v) is 10.7. The van der Waals surface area contributed by atoms with Gasteiger partial charge in [-0.15, -0.1) is 0 Å². The summed E-state index contributed by atoms with van der Waals surface area (Å²) in [6, 6.07) is 16.5. The van der Waals surface area contributed by atoms with E-state index in [4.69, 9.17) is 9.47 Å². The molecule has 0 unspecified atom stereocenters. The molecule has 4 heteroatoms. The number of fused-ring (bicyclic) bond motifs is 6. The number of allylic oxidation sites excluding steroid dienone is 2. The molecule has 0 N–H and O–H groups in total. The molecule has 7 rings (SSSR count). The normalized spacial score (nSPS) is 30.5. The smallest absolute Gasteiger partial charge is 0.227 e. The Morgan fingerprint density at radius 2 is 1.03 bits per heavy atom. The Labute approximate surface area is 174 Å². The van der Waals surface area contributed by atoms with Gasteiger partial charge in [0.25, 0.3) is 0 Å². The number of carbonyl (C=O) groups excluding carboxylic acids is 2. The molecule has 4 nitrogen and oxygen atoms in total. The van der Waals surface area contributed by atoms with Crippen molar-refractivity contribution in [2.24, 2.45) is 11.8 Å². The third-order valence-corrected chi connectivity index (χ3v) is 7.47. The van der Waals surface area contributed by atoms with E-state index in [0.29, 0.717) is 24.0 Å². The topological polar surface area (TPSA) is 52.6 Å². The number of ether oxygens (including phenoxy) is 2. The third-order valence-electron chi connectivity index (χ3n) is 7.47. The van der Waals surface area contributed by atoms with Gasteiger partial charge in [0.2, 0.25) is 11.6 Å². The van der Waals surface area contributed by atoms with E-state index < -0.39 is 0 Å². The average molecular weight is 396 g/mol. The van der Waals surface area contributed by atoms with E-state index in [2.05, 4.69) is 24.3 Å². The van der Waals surface area contributed by atoms with Crippen molar-refractivity contribution >= 4 is 11.6 Å². The lowest BCUT2D eigenvalue weighted by atomic mass is 9.79. The van der Waals surface area contributed by atoms with Gasteiger partial charge < -0.3 is 9.47 Å². The average Bonchev–Trinajstić information content (AvgIpc) is 3.32. The zero-order valence-electron chi connectivity index (χ0n) is 16.4. The zero-order valence-corrected chi connectivity index (χ0v) is 16.4. The molecule has 0 saturated carbocycles. The number of carbonyl (C=O) groups is 2. The Morgan fingerprint density at radius 3 is 1.50 bits per heavy atom. The van der Waals surface area contributed by atoms with Gasteiger partial charge in [0.15, 0.2) is 11.5 Å². The summed E-state index contributed by atoms with van der Waals surface area (Å²) < 4.78 is 12.5. The molecule has 0 saturated heterocycles. The number of Topliss-reactive ketones (excluding diaryl/α,β-unsaturated/α-hetero) is 2. The van der Waals surface area contributed by atoms with E-state index >= 15 is 0 Å². The summed E-state index contributed by atoms with van der Waals surface area (Å²) in [7, 11) is 0. The van der Waals surface area contributed by atoms with E-state index in [1.807, 2.05) is 24.3 Å². The lowest BCUT2D eigenvalue weighted by Crippen LogP contribution is -2.36. The highest BCUT2D eigenvalue weighted by Crippen LogP contribution is 2.53. The van der Waals surface area contributed by atoms with E-state index in [1.54, 1.807) is 0 Å². The highest BCUT2D eigenvalue weighted by atomic mass is 16.5. The van der Waals surface area contributed by atoms with Crippen molar-refractivity contribution in [1.82, 2.24) is 0 Å². The van der Waals surface area contributed by atoms with Crippen molar-refractivity contribution in [3.8, 4) is 0 Å². The zero-order chi connectivity index (χ0) is 20.0. The molecule has 2 aliphatic heterocycles. The van der Waals surface area contributed by atoms with Gasteiger partial charge in [0.1, 0.15) is 12.2 Å². The summed E-state index contributed by atoms with van der Waals surface area (Å²) in [4.78, 5) is 26.9. The molecule has 5 aliphatic rings. The summed E-state index contributed by atoms with van der Waals surface area (Å²) in [6.07, 6.45) is 2.64. The molecular formula is C26H20O4. The molecule has 4 atom stereocenters. The van der Waals surface area contributed by atoms with Crippen LogP contribution in [-0.2, 0) is 31.9 Å². The Hall–Kier alpha value is -3.14. The fourth-order valence-corrected chi connectivity index (χ4v) is 6.11. The number of benzene rings is 2. The van der Waals surface area contributed by atoms with Gasteiger partial charge in [-0.3, -0.25) is 9.59 Å². The SMILES string of the molecule is O=C1C2=C(O[C@@H]3c4ccccc4C[C@@H]3C2)C(=O)C2=C1O[C@@H]1c3ccccc3C[C@@H]1C2. The molecular weight excluding hydrogens is 376 g/mol. The Kier molecular flexibility index (Phi) is 3.17. The Balaban J connectivity index is 1.25. The van der Waals surface area contributed by atoms with Crippen molar-refractivity contribution < 1.29 is 19.1 Å². The van der Waals surface area contributed by atoms with Crippen LogP contribution in [0.15, 0.2) is 71.2 Å². The van der Waals surface area contributed by atoms with E-state index in [0.717, 1.165) is 24.0 Å². The maximum atomic E-state index is 13.4. The summed E-state index contributed by atoms with van der Waals surface area (Å²) in [5.41, 5.74) is 5.84. The van der Waals surface area contributed by atoms with Crippen LogP contribution in [0.3, 0.4) is 0 Å². The molecule has 0 amide bonds. The molecule has 2 heterocycles. The lowest BCUT2D eigenvalue weighted by molar-refractivity contribution is -0.127. The second-order valence-electron chi connectivity index (χ2n) is 9.08. The van der Waals surface area contributed by atoms with Crippen LogP contribution in [0, 0.1) is 11.8 Å². The van der Waals surface area contributed by atoms with Crippen molar-refractivity contribution in [3.05, 3.63) is 93.4 Å². The largest absolute Gasteiger partial charge is 0.481 e. The minimum absolute atomic E-state index is 0.133. The Morgan fingerprint density at radius 1 is 0.600 bits per heavy atom. The molecule has 0 aromatic heterocycles. The van der Waals surface area contributed by atoms with Gasteiger partial charge in [0.05, 0.1) is 0 Å². The minimum atomic E-state index is -0.142. The monoisotopic (exact) mass is 396 g/mol. The second kappa shape index (κ2) is 5.72. The summed E-state index contributed by atoms with van der Waals surface area (Å²) in [5, 5.41) is 0. The van der Waals surface area contributed by atoms with E-state index in [-0.39, 0.29) is 47.1 Å². The summed E-state index contributed by atoms with van der Waals surface area (Å²) in [5.74, 6) is 0.657. The van der Waals surface area contributed by atoms with Crippen LogP contribution >= 0.6 is 0 Å².